The lowest BCUT2D eigenvalue weighted by atomic mass is 10.3. The highest BCUT2D eigenvalue weighted by Crippen LogP contribution is 2.26. The van der Waals surface area contributed by atoms with Gasteiger partial charge in [-0.1, -0.05) is 0 Å². The van der Waals surface area contributed by atoms with Gasteiger partial charge in [-0.15, -0.1) is 0 Å². The first-order valence-electron chi connectivity index (χ1n) is 5.77. The van der Waals surface area contributed by atoms with E-state index in [1.807, 2.05) is 0 Å². The number of benzene rings is 1. The van der Waals surface area contributed by atoms with Crippen LogP contribution in [0.3, 0.4) is 0 Å². The van der Waals surface area contributed by atoms with Crippen molar-refractivity contribution in [2.24, 2.45) is 7.05 Å². The summed E-state index contributed by atoms with van der Waals surface area (Å²) in [7, 11) is 0.829. The van der Waals surface area contributed by atoms with E-state index in [0.29, 0.717) is 11.4 Å². The number of imidazole rings is 1. The number of ether oxygens (including phenoxy) is 1. The summed E-state index contributed by atoms with van der Waals surface area (Å²) in [5.41, 5.74) is 6.14. The Hall–Kier alpha value is -2.22. The maximum Gasteiger partial charge on any atom is 0.283 e. The lowest BCUT2D eigenvalue weighted by molar-refractivity contribution is 0.415. The number of hydrogen-bond acceptors (Lipinski definition) is 5. The minimum Gasteiger partial charge on any atom is -0.497 e. The quantitative estimate of drug-likeness (QED) is 0.902. The van der Waals surface area contributed by atoms with E-state index < -0.39 is 10.0 Å². The molecule has 0 amide bonds. The Morgan fingerprint density at radius 3 is 2.35 bits per heavy atom. The summed E-state index contributed by atoms with van der Waals surface area (Å²) in [4.78, 5) is 3.80. The normalized spacial score (nSPS) is 11.3. The van der Waals surface area contributed by atoms with Crippen LogP contribution < -0.4 is 14.8 Å². The van der Waals surface area contributed by atoms with Gasteiger partial charge in [0.1, 0.15) is 5.75 Å². The molecule has 2 rings (SSSR count). The second-order valence-corrected chi connectivity index (χ2v) is 6.10. The molecular formula is C12H16N4O3S. The lowest BCUT2D eigenvalue weighted by Gasteiger charge is -2.20. The Morgan fingerprint density at radius 1 is 1.30 bits per heavy atom. The molecule has 0 saturated carbocycles. The zero-order valence-corrected chi connectivity index (χ0v) is 12.3. The molecule has 20 heavy (non-hydrogen) atoms. The average molecular weight is 296 g/mol. The lowest BCUT2D eigenvalue weighted by Crippen LogP contribution is -2.28. The molecule has 0 aliphatic rings. The van der Waals surface area contributed by atoms with E-state index in [0.717, 1.165) is 4.31 Å². The maximum atomic E-state index is 12.5. The van der Waals surface area contributed by atoms with E-state index >= 15 is 0 Å². The van der Waals surface area contributed by atoms with Gasteiger partial charge in [0, 0.05) is 14.1 Å². The molecule has 0 spiro atoms. The van der Waals surface area contributed by atoms with Crippen LogP contribution in [0.2, 0.25) is 0 Å². The van der Waals surface area contributed by atoms with Crippen LogP contribution in [0, 0.1) is 0 Å². The van der Waals surface area contributed by atoms with Gasteiger partial charge in [-0.05, 0) is 24.3 Å². The highest BCUT2D eigenvalue weighted by Gasteiger charge is 2.27. The first-order chi connectivity index (χ1) is 9.37. The van der Waals surface area contributed by atoms with Gasteiger partial charge in [0.25, 0.3) is 10.0 Å². The number of nitrogens with two attached hydrogens (primary N) is 1. The standard InChI is InChI=1S/C12H16N4O3S/c1-15-8-14-11(13)12(15)20(17,18)16(2)9-4-6-10(19-3)7-5-9/h4-8H,13H2,1-3H3. The number of aromatic nitrogens is 2. The fraction of sp³-hybridized carbons (Fsp3) is 0.250. The van der Waals surface area contributed by atoms with Crippen molar-refractivity contribution in [2.75, 3.05) is 24.2 Å². The molecule has 0 fully saturated rings. The van der Waals surface area contributed by atoms with Gasteiger partial charge in [-0.2, -0.15) is 8.42 Å². The maximum absolute atomic E-state index is 12.5. The van der Waals surface area contributed by atoms with Crippen molar-refractivity contribution >= 4 is 21.5 Å². The summed E-state index contributed by atoms with van der Waals surface area (Å²) in [6.45, 7) is 0. The third-order valence-electron chi connectivity index (χ3n) is 2.95. The predicted molar refractivity (Wildman–Crippen MR) is 76.2 cm³/mol. The molecular weight excluding hydrogens is 280 g/mol. The number of methoxy groups -OCH3 is 1. The van der Waals surface area contributed by atoms with Crippen molar-refractivity contribution in [2.45, 2.75) is 5.03 Å². The molecule has 8 heteroatoms. The molecule has 0 atom stereocenters. The number of sulfonamides is 1. The van der Waals surface area contributed by atoms with E-state index in [9.17, 15) is 8.42 Å². The van der Waals surface area contributed by atoms with Gasteiger partial charge in [-0.3, -0.25) is 4.31 Å². The first kappa shape index (κ1) is 14.2. The molecule has 2 aromatic rings. The van der Waals surface area contributed by atoms with Crippen LogP contribution in [0.4, 0.5) is 11.5 Å². The zero-order chi connectivity index (χ0) is 14.9. The highest BCUT2D eigenvalue weighted by molar-refractivity contribution is 7.92. The fourth-order valence-electron chi connectivity index (χ4n) is 1.81. The molecule has 0 radical (unpaired) electrons. The van der Waals surface area contributed by atoms with Gasteiger partial charge >= 0.3 is 0 Å². The van der Waals surface area contributed by atoms with Crippen LogP contribution in [0.1, 0.15) is 0 Å². The molecule has 0 saturated heterocycles. The van der Waals surface area contributed by atoms with Gasteiger partial charge in [0.2, 0.25) is 0 Å². The predicted octanol–water partition coefficient (Wildman–Crippen LogP) is 0.836. The number of hydrogen-bond donors (Lipinski definition) is 1. The summed E-state index contributed by atoms with van der Waals surface area (Å²) in [5.74, 6) is 0.632. The minimum absolute atomic E-state index is 0.0205. The van der Waals surface area contributed by atoms with Crippen LogP contribution in [0.15, 0.2) is 35.6 Å². The van der Waals surface area contributed by atoms with Crippen LogP contribution in [0.5, 0.6) is 5.75 Å². The second-order valence-electron chi connectivity index (χ2n) is 4.22. The van der Waals surface area contributed by atoms with Crippen LogP contribution >= 0.6 is 0 Å². The summed E-state index contributed by atoms with van der Waals surface area (Å²) >= 11 is 0. The third-order valence-corrected chi connectivity index (χ3v) is 4.87. The summed E-state index contributed by atoms with van der Waals surface area (Å²) in [6, 6.07) is 6.69. The zero-order valence-electron chi connectivity index (χ0n) is 11.4. The molecule has 1 aromatic heterocycles. The Morgan fingerprint density at radius 2 is 1.90 bits per heavy atom. The summed E-state index contributed by atoms with van der Waals surface area (Å²) in [6.07, 6.45) is 1.37. The molecule has 2 N–H and O–H groups in total. The molecule has 1 aromatic carbocycles. The van der Waals surface area contributed by atoms with Crippen molar-refractivity contribution in [3.63, 3.8) is 0 Å². The minimum atomic E-state index is -3.76. The summed E-state index contributed by atoms with van der Waals surface area (Å²) in [5, 5.41) is -0.0316. The first-order valence-corrected chi connectivity index (χ1v) is 7.21. The molecule has 0 unspecified atom stereocenters. The molecule has 0 aliphatic carbocycles. The van der Waals surface area contributed by atoms with Gasteiger partial charge < -0.3 is 15.0 Å². The topological polar surface area (TPSA) is 90.4 Å². The molecule has 7 nitrogen and oxygen atoms in total. The number of aryl methyl sites for hydroxylation is 1. The Balaban J connectivity index is 2.43. The van der Waals surface area contributed by atoms with Crippen molar-refractivity contribution in [3.05, 3.63) is 30.6 Å². The van der Waals surface area contributed by atoms with Crippen molar-refractivity contribution in [1.82, 2.24) is 9.55 Å². The van der Waals surface area contributed by atoms with E-state index in [4.69, 9.17) is 10.5 Å². The Labute approximate surface area is 117 Å². The Bertz CT molecular complexity index is 687. The molecule has 1 heterocycles. The van der Waals surface area contributed by atoms with Crippen molar-refractivity contribution < 1.29 is 13.2 Å². The van der Waals surface area contributed by atoms with E-state index in [2.05, 4.69) is 4.98 Å². The Kier molecular flexibility index (Phi) is 3.58. The SMILES string of the molecule is COc1ccc(N(C)S(=O)(=O)c2c(N)ncn2C)cc1. The van der Waals surface area contributed by atoms with Crippen LogP contribution in [-0.4, -0.2) is 32.1 Å². The van der Waals surface area contributed by atoms with Crippen molar-refractivity contribution in [1.29, 1.82) is 0 Å². The number of nitrogen functional groups attached to an aromatic ring is 1. The fourth-order valence-corrected chi connectivity index (χ4v) is 3.20. The smallest absolute Gasteiger partial charge is 0.283 e. The number of anilines is 2. The third kappa shape index (κ3) is 2.29. The van der Waals surface area contributed by atoms with E-state index in [1.165, 1.54) is 17.9 Å². The van der Waals surface area contributed by atoms with Gasteiger partial charge in [0.15, 0.2) is 10.8 Å². The molecule has 108 valence electrons. The van der Waals surface area contributed by atoms with Gasteiger partial charge in [0.05, 0.1) is 19.1 Å². The highest BCUT2D eigenvalue weighted by atomic mass is 32.2. The van der Waals surface area contributed by atoms with Gasteiger partial charge in [-0.25, -0.2) is 4.98 Å². The molecule has 0 aliphatic heterocycles. The van der Waals surface area contributed by atoms with Crippen molar-refractivity contribution in [3.8, 4) is 5.75 Å². The monoisotopic (exact) mass is 296 g/mol. The largest absolute Gasteiger partial charge is 0.497 e. The second kappa shape index (κ2) is 5.04. The van der Waals surface area contributed by atoms with E-state index in [1.54, 1.807) is 38.4 Å². The van der Waals surface area contributed by atoms with Crippen LogP contribution in [0.25, 0.3) is 0 Å². The summed E-state index contributed by atoms with van der Waals surface area (Å²) < 4.78 is 32.7. The number of nitrogens with zero attached hydrogens (tertiary/aromatic N) is 3. The average Bonchev–Trinajstić information content (AvgIpc) is 2.78. The van der Waals surface area contributed by atoms with E-state index in [-0.39, 0.29) is 10.8 Å². The molecule has 0 bridgehead atoms. The number of rotatable bonds is 4. The van der Waals surface area contributed by atoms with Crippen LogP contribution in [-0.2, 0) is 17.1 Å².